The summed E-state index contributed by atoms with van der Waals surface area (Å²) in [6.45, 7) is 4.46. The Morgan fingerprint density at radius 3 is 2.52 bits per heavy atom. The zero-order valence-corrected chi connectivity index (χ0v) is 18.9. The SMILES string of the molecule is C=CCn1c(SCC(=O)NC2CCCCC2)nnc1-c1ccc(OC2CCCC2)cc1. The van der Waals surface area contributed by atoms with Crippen molar-refractivity contribution in [2.45, 2.75) is 81.6 Å². The number of nitrogens with one attached hydrogen (secondary N) is 1. The standard InChI is InChI=1S/C24H32N4O2S/c1-2-16-28-23(18-12-14-21(15-13-18)30-20-10-6-7-11-20)26-27-24(28)31-17-22(29)25-19-8-4-3-5-9-19/h2,12-15,19-20H,1,3-11,16-17H2,(H,25,29). The summed E-state index contributed by atoms with van der Waals surface area (Å²) in [7, 11) is 0. The molecule has 1 aromatic carbocycles. The van der Waals surface area contributed by atoms with Gasteiger partial charge in [0.05, 0.1) is 11.9 Å². The van der Waals surface area contributed by atoms with E-state index in [2.05, 4.69) is 22.1 Å². The second-order valence-corrected chi connectivity index (χ2v) is 9.39. The van der Waals surface area contributed by atoms with Crippen molar-refractivity contribution in [1.82, 2.24) is 20.1 Å². The van der Waals surface area contributed by atoms with Crippen LogP contribution in [0.15, 0.2) is 42.1 Å². The maximum atomic E-state index is 12.4. The molecule has 0 radical (unpaired) electrons. The van der Waals surface area contributed by atoms with Gasteiger partial charge in [0, 0.05) is 18.2 Å². The molecule has 2 aliphatic rings. The third-order valence-corrected chi connectivity index (χ3v) is 7.02. The molecule has 2 saturated carbocycles. The van der Waals surface area contributed by atoms with Crippen LogP contribution in [0.2, 0.25) is 0 Å². The molecule has 1 N–H and O–H groups in total. The van der Waals surface area contributed by atoms with Crippen LogP contribution in [0.25, 0.3) is 11.4 Å². The molecule has 1 amide bonds. The highest BCUT2D eigenvalue weighted by atomic mass is 32.2. The van der Waals surface area contributed by atoms with Gasteiger partial charge in [-0.3, -0.25) is 9.36 Å². The minimum Gasteiger partial charge on any atom is -0.490 e. The van der Waals surface area contributed by atoms with E-state index in [1.165, 1.54) is 43.9 Å². The summed E-state index contributed by atoms with van der Waals surface area (Å²) >= 11 is 1.43. The van der Waals surface area contributed by atoms with Crippen molar-refractivity contribution >= 4 is 17.7 Å². The van der Waals surface area contributed by atoms with Crippen molar-refractivity contribution in [3.63, 3.8) is 0 Å². The first-order valence-electron chi connectivity index (χ1n) is 11.5. The number of ether oxygens (including phenoxy) is 1. The molecular weight excluding hydrogens is 408 g/mol. The van der Waals surface area contributed by atoms with E-state index in [-0.39, 0.29) is 5.91 Å². The van der Waals surface area contributed by atoms with E-state index in [4.69, 9.17) is 4.74 Å². The van der Waals surface area contributed by atoms with Crippen LogP contribution in [0.5, 0.6) is 5.75 Å². The zero-order valence-electron chi connectivity index (χ0n) is 18.1. The number of thioether (sulfide) groups is 1. The number of amides is 1. The number of hydrogen-bond acceptors (Lipinski definition) is 5. The molecule has 0 atom stereocenters. The fourth-order valence-corrected chi connectivity index (χ4v) is 5.19. The first-order valence-corrected chi connectivity index (χ1v) is 12.4. The lowest BCUT2D eigenvalue weighted by molar-refractivity contribution is -0.119. The number of allylic oxidation sites excluding steroid dienone is 1. The predicted molar refractivity (Wildman–Crippen MR) is 124 cm³/mol. The molecule has 1 heterocycles. The van der Waals surface area contributed by atoms with Crippen molar-refractivity contribution in [2.75, 3.05) is 5.75 Å². The van der Waals surface area contributed by atoms with Crippen molar-refractivity contribution in [3.05, 3.63) is 36.9 Å². The predicted octanol–water partition coefficient (Wildman–Crippen LogP) is 4.99. The summed E-state index contributed by atoms with van der Waals surface area (Å²) in [5, 5.41) is 12.7. The smallest absolute Gasteiger partial charge is 0.230 e. The fourth-order valence-electron chi connectivity index (χ4n) is 4.43. The lowest BCUT2D eigenvalue weighted by atomic mass is 9.95. The van der Waals surface area contributed by atoms with Crippen LogP contribution >= 0.6 is 11.8 Å². The molecule has 2 aromatic rings. The molecular formula is C24H32N4O2S. The highest BCUT2D eigenvalue weighted by Crippen LogP contribution is 2.28. The Hall–Kier alpha value is -2.28. The third-order valence-electron chi connectivity index (χ3n) is 6.05. The number of hydrogen-bond donors (Lipinski definition) is 1. The van der Waals surface area contributed by atoms with Gasteiger partial charge in [-0.15, -0.1) is 16.8 Å². The lowest BCUT2D eigenvalue weighted by Gasteiger charge is -2.22. The Morgan fingerprint density at radius 1 is 1.10 bits per heavy atom. The number of nitrogens with zero attached hydrogens (tertiary/aromatic N) is 3. The van der Waals surface area contributed by atoms with Gasteiger partial charge in [0.1, 0.15) is 5.75 Å². The van der Waals surface area contributed by atoms with E-state index in [1.54, 1.807) is 0 Å². The fraction of sp³-hybridized carbons (Fsp3) is 0.542. The van der Waals surface area contributed by atoms with Crippen LogP contribution in [-0.2, 0) is 11.3 Å². The molecule has 2 fully saturated rings. The Balaban J connectivity index is 1.39. The molecule has 31 heavy (non-hydrogen) atoms. The molecule has 0 unspecified atom stereocenters. The monoisotopic (exact) mass is 440 g/mol. The molecule has 4 rings (SSSR count). The van der Waals surface area contributed by atoms with Crippen molar-refractivity contribution in [2.24, 2.45) is 0 Å². The van der Waals surface area contributed by atoms with Crippen molar-refractivity contribution in [3.8, 4) is 17.1 Å². The number of benzene rings is 1. The average molecular weight is 441 g/mol. The minimum absolute atomic E-state index is 0.0695. The molecule has 0 spiro atoms. The van der Waals surface area contributed by atoms with Crippen LogP contribution < -0.4 is 10.1 Å². The Labute approximate surface area is 188 Å². The molecule has 2 aliphatic carbocycles. The van der Waals surface area contributed by atoms with Crippen LogP contribution in [0.1, 0.15) is 57.8 Å². The van der Waals surface area contributed by atoms with Crippen LogP contribution in [0, 0.1) is 0 Å². The van der Waals surface area contributed by atoms with Crippen molar-refractivity contribution < 1.29 is 9.53 Å². The van der Waals surface area contributed by atoms with E-state index < -0.39 is 0 Å². The first kappa shape index (κ1) is 21.9. The van der Waals surface area contributed by atoms with Gasteiger partial charge in [0.2, 0.25) is 5.91 Å². The molecule has 0 aliphatic heterocycles. The van der Waals surface area contributed by atoms with Gasteiger partial charge >= 0.3 is 0 Å². The van der Waals surface area contributed by atoms with E-state index in [1.807, 2.05) is 34.9 Å². The topological polar surface area (TPSA) is 69.0 Å². The molecule has 0 saturated heterocycles. The number of aromatic nitrogens is 3. The number of rotatable bonds is 9. The highest BCUT2D eigenvalue weighted by molar-refractivity contribution is 7.99. The van der Waals surface area contributed by atoms with E-state index in [0.29, 0.717) is 24.4 Å². The van der Waals surface area contributed by atoms with Gasteiger partial charge < -0.3 is 10.1 Å². The second-order valence-electron chi connectivity index (χ2n) is 8.45. The van der Waals surface area contributed by atoms with Gasteiger partial charge in [0.15, 0.2) is 11.0 Å². The summed E-state index contributed by atoms with van der Waals surface area (Å²) < 4.78 is 8.08. The maximum Gasteiger partial charge on any atom is 0.230 e. The van der Waals surface area contributed by atoms with Crippen molar-refractivity contribution in [1.29, 1.82) is 0 Å². The minimum atomic E-state index is 0.0695. The van der Waals surface area contributed by atoms with Crippen LogP contribution in [0.3, 0.4) is 0 Å². The van der Waals surface area contributed by atoms with Crippen LogP contribution in [-0.4, -0.2) is 38.6 Å². The van der Waals surface area contributed by atoms with Gasteiger partial charge in [0.25, 0.3) is 0 Å². The first-order chi connectivity index (χ1) is 15.2. The molecule has 7 heteroatoms. The largest absolute Gasteiger partial charge is 0.490 e. The summed E-state index contributed by atoms with van der Waals surface area (Å²) in [5.74, 6) is 2.10. The van der Waals surface area contributed by atoms with Gasteiger partial charge in [-0.05, 0) is 62.8 Å². The summed E-state index contributed by atoms with van der Waals surface area (Å²) in [4.78, 5) is 12.4. The van der Waals surface area contributed by atoms with E-state index >= 15 is 0 Å². The van der Waals surface area contributed by atoms with Gasteiger partial charge in [-0.25, -0.2) is 0 Å². The number of carbonyl (C=O) groups is 1. The van der Waals surface area contributed by atoms with Gasteiger partial charge in [-0.1, -0.05) is 37.1 Å². The Kier molecular flexibility index (Phi) is 7.67. The van der Waals surface area contributed by atoms with E-state index in [9.17, 15) is 4.79 Å². The van der Waals surface area contributed by atoms with E-state index in [0.717, 1.165) is 48.0 Å². The Morgan fingerprint density at radius 2 is 1.81 bits per heavy atom. The third kappa shape index (κ3) is 5.91. The number of carbonyl (C=O) groups excluding carboxylic acids is 1. The van der Waals surface area contributed by atoms with Gasteiger partial charge in [-0.2, -0.15) is 0 Å². The summed E-state index contributed by atoms with van der Waals surface area (Å²) in [6, 6.07) is 8.39. The Bertz CT molecular complexity index is 868. The second kappa shape index (κ2) is 10.8. The molecule has 1 aromatic heterocycles. The van der Waals surface area contributed by atoms with Crippen LogP contribution in [0.4, 0.5) is 0 Å². The quantitative estimate of drug-likeness (QED) is 0.439. The normalized spacial score (nSPS) is 17.5. The molecule has 0 bridgehead atoms. The lowest BCUT2D eigenvalue weighted by Crippen LogP contribution is -2.37. The molecule has 166 valence electrons. The summed E-state index contributed by atoms with van der Waals surface area (Å²) in [5.41, 5.74) is 0.978. The maximum absolute atomic E-state index is 12.4. The zero-order chi connectivity index (χ0) is 21.5. The summed E-state index contributed by atoms with van der Waals surface area (Å²) in [6.07, 6.45) is 12.9. The highest BCUT2D eigenvalue weighted by Gasteiger charge is 2.19. The average Bonchev–Trinajstić information content (AvgIpc) is 3.44. The molecule has 6 nitrogen and oxygen atoms in total.